The molecule has 0 aromatic rings. The molecule has 0 radical (unpaired) electrons. The van der Waals surface area contributed by atoms with Gasteiger partial charge < -0.3 is 13.6 Å². The third-order valence-electron chi connectivity index (χ3n) is 2.48. The van der Waals surface area contributed by atoms with E-state index in [-0.39, 0.29) is 5.12 Å². The van der Waals surface area contributed by atoms with Crippen LogP contribution in [0.2, 0.25) is 0 Å². The van der Waals surface area contributed by atoms with Crippen LogP contribution in [0.15, 0.2) is 0 Å². The second-order valence-corrected chi connectivity index (χ2v) is 8.54. The fraction of sp³-hybridized carbons (Fsp3) is 0.889. The normalized spacial score (nSPS) is 37.9. The van der Waals surface area contributed by atoms with E-state index in [4.69, 9.17) is 25.4 Å². The highest BCUT2D eigenvalue weighted by Gasteiger charge is 2.52. The van der Waals surface area contributed by atoms with Crippen molar-refractivity contribution in [1.82, 2.24) is 0 Å². The third kappa shape index (κ3) is 2.52. The quantitative estimate of drug-likeness (QED) is 0.739. The molecular formula is C9H15O4PS2. The molecular weight excluding hydrogens is 267 g/mol. The molecule has 3 fully saturated rings. The molecule has 0 saturated carbocycles. The average Bonchev–Trinajstić information content (AvgIpc) is 2.27. The van der Waals surface area contributed by atoms with E-state index in [9.17, 15) is 4.79 Å². The maximum atomic E-state index is 12.1. The summed E-state index contributed by atoms with van der Waals surface area (Å²) >= 11 is 6.40. The zero-order chi connectivity index (χ0) is 11.8. The van der Waals surface area contributed by atoms with Crippen LogP contribution in [0.5, 0.6) is 0 Å². The molecule has 0 aliphatic carbocycles. The Balaban J connectivity index is 1.98. The number of fused-ring (bicyclic) bond motifs is 3. The van der Waals surface area contributed by atoms with E-state index < -0.39 is 12.1 Å². The highest BCUT2D eigenvalue weighted by Crippen LogP contribution is 2.61. The van der Waals surface area contributed by atoms with Crippen LogP contribution in [0.25, 0.3) is 0 Å². The predicted molar refractivity (Wildman–Crippen MR) is 66.9 cm³/mol. The van der Waals surface area contributed by atoms with E-state index in [0.29, 0.717) is 25.7 Å². The molecule has 0 unspecified atom stereocenters. The Kier molecular flexibility index (Phi) is 3.79. The number of carbonyl (C=O) groups excluding carboxylic acids is 1. The van der Waals surface area contributed by atoms with Gasteiger partial charge in [-0.25, -0.2) is 0 Å². The summed E-state index contributed by atoms with van der Waals surface area (Å²) in [6, 6.07) is 0. The number of hydrogen-bond donors (Lipinski definition) is 0. The predicted octanol–water partition coefficient (Wildman–Crippen LogP) is 2.19. The van der Waals surface area contributed by atoms with Crippen LogP contribution in [0.4, 0.5) is 0 Å². The van der Waals surface area contributed by atoms with Crippen molar-refractivity contribution in [2.45, 2.75) is 13.8 Å². The summed E-state index contributed by atoms with van der Waals surface area (Å²) in [6.07, 6.45) is 0. The molecule has 7 heteroatoms. The number of thioether (sulfide) groups is 1. The molecule has 0 N–H and O–H groups in total. The lowest BCUT2D eigenvalue weighted by molar-refractivity contribution is -0.137. The van der Waals surface area contributed by atoms with Crippen LogP contribution in [0, 0.1) is 11.3 Å². The molecule has 3 aliphatic heterocycles. The van der Waals surface area contributed by atoms with Crippen LogP contribution in [-0.4, -0.2) is 30.7 Å². The van der Waals surface area contributed by atoms with Gasteiger partial charge in [0.2, 0.25) is 5.12 Å². The first-order chi connectivity index (χ1) is 7.46. The SMILES string of the molecule is CC(C)CSC(=O)C12COP(=S)(OC1)OC2. The lowest BCUT2D eigenvalue weighted by atomic mass is 9.93. The van der Waals surface area contributed by atoms with Crippen molar-refractivity contribution in [2.24, 2.45) is 11.3 Å². The van der Waals surface area contributed by atoms with Crippen molar-refractivity contribution in [3.63, 3.8) is 0 Å². The molecule has 92 valence electrons. The smallest absolute Gasteiger partial charge is 0.307 e. The fourth-order valence-corrected chi connectivity index (χ4v) is 4.30. The fourth-order valence-electron chi connectivity index (χ4n) is 1.42. The summed E-state index contributed by atoms with van der Waals surface area (Å²) < 4.78 is 16.0. The average molecular weight is 282 g/mol. The van der Waals surface area contributed by atoms with E-state index in [2.05, 4.69) is 13.8 Å². The largest absolute Gasteiger partial charge is 0.327 e. The molecule has 3 rings (SSSR count). The minimum atomic E-state index is -2.48. The van der Waals surface area contributed by atoms with Crippen molar-refractivity contribution in [3.05, 3.63) is 0 Å². The zero-order valence-corrected chi connectivity index (χ0v) is 11.8. The monoisotopic (exact) mass is 282 g/mol. The van der Waals surface area contributed by atoms with E-state index in [1.54, 1.807) is 0 Å². The number of rotatable bonds is 3. The minimum Gasteiger partial charge on any atom is -0.307 e. The Labute approximate surface area is 105 Å². The van der Waals surface area contributed by atoms with Gasteiger partial charge in [0, 0.05) is 5.75 Å². The Hall–Kier alpha value is 0.550. The second kappa shape index (κ2) is 4.67. The van der Waals surface area contributed by atoms with Crippen molar-refractivity contribution >= 4 is 35.4 Å². The van der Waals surface area contributed by atoms with Crippen LogP contribution in [-0.2, 0) is 30.2 Å². The molecule has 2 bridgehead atoms. The topological polar surface area (TPSA) is 44.8 Å². The molecule has 16 heavy (non-hydrogen) atoms. The molecule has 3 saturated heterocycles. The minimum absolute atomic E-state index is 0.0992. The Morgan fingerprint density at radius 1 is 1.38 bits per heavy atom. The molecule has 3 heterocycles. The van der Waals surface area contributed by atoms with Gasteiger partial charge in [0.1, 0.15) is 5.41 Å². The molecule has 0 spiro atoms. The van der Waals surface area contributed by atoms with E-state index in [1.165, 1.54) is 11.8 Å². The molecule has 4 nitrogen and oxygen atoms in total. The lowest BCUT2D eigenvalue weighted by Gasteiger charge is -2.44. The van der Waals surface area contributed by atoms with Gasteiger partial charge in [0.15, 0.2) is 0 Å². The van der Waals surface area contributed by atoms with Gasteiger partial charge in [-0.05, 0) is 17.7 Å². The van der Waals surface area contributed by atoms with Crippen molar-refractivity contribution < 1.29 is 18.4 Å². The van der Waals surface area contributed by atoms with Gasteiger partial charge in [-0.2, -0.15) is 0 Å². The Morgan fingerprint density at radius 2 is 1.88 bits per heavy atom. The summed E-state index contributed by atoms with van der Waals surface area (Å²) in [5.41, 5.74) is -0.625. The van der Waals surface area contributed by atoms with Gasteiger partial charge in [-0.1, -0.05) is 25.6 Å². The summed E-state index contributed by atoms with van der Waals surface area (Å²) in [4.78, 5) is 12.1. The van der Waals surface area contributed by atoms with Gasteiger partial charge in [0.05, 0.1) is 19.8 Å². The molecule has 0 atom stereocenters. The second-order valence-electron chi connectivity index (χ2n) is 4.54. The standard InChI is InChI=1S/C9H15O4PS2/c1-7(2)3-16-8(10)9-4-11-14(15,12-5-9)13-6-9/h7H,3-6H2,1-2H3. The number of hydrogen-bond acceptors (Lipinski definition) is 6. The van der Waals surface area contributed by atoms with E-state index in [0.717, 1.165) is 5.75 Å². The van der Waals surface area contributed by atoms with E-state index in [1.807, 2.05) is 0 Å². The first-order valence-electron chi connectivity index (χ1n) is 5.17. The van der Waals surface area contributed by atoms with Gasteiger partial charge in [0.25, 0.3) is 0 Å². The maximum Gasteiger partial charge on any atom is 0.327 e. The van der Waals surface area contributed by atoms with Gasteiger partial charge in [-0.3, -0.25) is 4.79 Å². The first kappa shape index (κ1) is 13.0. The van der Waals surface area contributed by atoms with E-state index >= 15 is 0 Å². The van der Waals surface area contributed by atoms with Crippen molar-refractivity contribution in [1.29, 1.82) is 0 Å². The van der Waals surface area contributed by atoms with Crippen LogP contribution in [0.3, 0.4) is 0 Å². The lowest BCUT2D eigenvalue weighted by Crippen LogP contribution is -2.49. The third-order valence-corrected chi connectivity index (χ3v) is 6.29. The summed E-state index contributed by atoms with van der Waals surface area (Å²) in [6.45, 7) is 2.76. The van der Waals surface area contributed by atoms with Crippen molar-refractivity contribution in [3.8, 4) is 0 Å². The first-order valence-corrected chi connectivity index (χ1v) is 8.71. The number of carbonyl (C=O) groups is 1. The Morgan fingerprint density at radius 3 is 2.31 bits per heavy atom. The molecule has 3 aliphatic rings. The maximum absolute atomic E-state index is 12.1. The highest BCUT2D eigenvalue weighted by atomic mass is 32.5. The summed E-state index contributed by atoms with van der Waals surface area (Å²) in [5.74, 6) is 1.31. The van der Waals surface area contributed by atoms with Gasteiger partial charge >= 0.3 is 6.72 Å². The Bertz CT molecular complexity index is 313. The van der Waals surface area contributed by atoms with Crippen LogP contribution < -0.4 is 0 Å². The highest BCUT2D eigenvalue weighted by molar-refractivity contribution is 8.13. The summed E-state index contributed by atoms with van der Waals surface area (Å²) in [7, 11) is 0. The molecule has 0 aromatic carbocycles. The molecule has 0 aromatic heterocycles. The summed E-state index contributed by atoms with van der Waals surface area (Å²) in [5, 5.41) is 0.0992. The van der Waals surface area contributed by atoms with Crippen LogP contribution in [0.1, 0.15) is 13.8 Å². The zero-order valence-electron chi connectivity index (χ0n) is 9.30. The molecule has 0 amide bonds. The van der Waals surface area contributed by atoms with Gasteiger partial charge in [-0.15, -0.1) is 0 Å². The van der Waals surface area contributed by atoms with Crippen molar-refractivity contribution in [2.75, 3.05) is 25.6 Å². The van der Waals surface area contributed by atoms with Crippen LogP contribution >= 0.6 is 18.5 Å².